The molecule has 154 valence electrons. The van der Waals surface area contributed by atoms with Crippen molar-refractivity contribution in [3.05, 3.63) is 59.8 Å². The summed E-state index contributed by atoms with van der Waals surface area (Å²) in [6.45, 7) is 4.62. The average Bonchev–Trinajstić information content (AvgIpc) is 2.77. The lowest BCUT2D eigenvalue weighted by molar-refractivity contribution is -0.144. The van der Waals surface area contributed by atoms with E-state index in [1.165, 1.54) is 0 Å². The summed E-state index contributed by atoms with van der Waals surface area (Å²) in [4.78, 5) is 21.7. The molecule has 2 aliphatic heterocycles. The maximum absolute atomic E-state index is 13.1. The number of aromatic nitrogens is 1. The Morgan fingerprint density at radius 3 is 2.53 bits per heavy atom. The number of carbonyl (C=O) groups is 1. The Morgan fingerprint density at radius 2 is 1.77 bits per heavy atom. The van der Waals surface area contributed by atoms with Gasteiger partial charge in [0.05, 0.1) is 5.52 Å². The van der Waals surface area contributed by atoms with E-state index >= 15 is 0 Å². The van der Waals surface area contributed by atoms with Gasteiger partial charge >= 0.3 is 0 Å². The summed E-state index contributed by atoms with van der Waals surface area (Å²) in [5.41, 5.74) is 1.99. The van der Waals surface area contributed by atoms with Gasteiger partial charge in [0.2, 0.25) is 6.10 Å². The maximum Gasteiger partial charge on any atom is 0.267 e. The van der Waals surface area contributed by atoms with E-state index in [0.29, 0.717) is 29.6 Å². The minimum atomic E-state index is -0.629. The SMILES string of the molecule is CC1Oc2ccccc2OC1C(=O)N1CCN(c2ccnc3cc(Cl)ccc23)CC1. The summed E-state index contributed by atoms with van der Waals surface area (Å²) in [6, 6.07) is 15.2. The Labute approximate surface area is 180 Å². The third-order valence-electron chi connectivity index (χ3n) is 5.70. The van der Waals surface area contributed by atoms with Gasteiger partial charge in [0, 0.05) is 48.5 Å². The normalized spacial score (nSPS) is 21.0. The van der Waals surface area contributed by atoms with Gasteiger partial charge < -0.3 is 19.3 Å². The number of anilines is 1. The highest BCUT2D eigenvalue weighted by molar-refractivity contribution is 6.31. The molecule has 2 aliphatic rings. The quantitative estimate of drug-likeness (QED) is 0.628. The lowest BCUT2D eigenvalue weighted by Crippen LogP contribution is -2.56. The number of carbonyl (C=O) groups excluding carboxylic acids is 1. The predicted octanol–water partition coefficient (Wildman–Crippen LogP) is 3.77. The smallest absolute Gasteiger partial charge is 0.267 e. The first-order valence-electron chi connectivity index (χ1n) is 10.1. The van der Waals surface area contributed by atoms with Crippen molar-refractivity contribution in [2.45, 2.75) is 19.1 Å². The fourth-order valence-electron chi connectivity index (χ4n) is 4.12. The lowest BCUT2D eigenvalue weighted by atomic mass is 10.1. The summed E-state index contributed by atoms with van der Waals surface area (Å²) in [5, 5.41) is 1.74. The van der Waals surface area contributed by atoms with Crippen LogP contribution in [0, 0.1) is 0 Å². The standard InChI is InChI=1S/C23H22ClN3O3/c1-15-22(30-21-5-3-2-4-20(21)29-15)23(28)27-12-10-26(11-13-27)19-8-9-25-18-14-16(24)6-7-17(18)19/h2-9,14-15,22H,10-13H2,1H3. The lowest BCUT2D eigenvalue weighted by Gasteiger charge is -2.39. The monoisotopic (exact) mass is 423 g/mol. The van der Waals surface area contributed by atoms with Gasteiger partial charge in [-0.05, 0) is 43.3 Å². The highest BCUT2D eigenvalue weighted by Gasteiger charge is 2.37. The molecule has 1 fully saturated rings. The van der Waals surface area contributed by atoms with Gasteiger partial charge in [-0.3, -0.25) is 9.78 Å². The molecule has 5 rings (SSSR count). The van der Waals surface area contributed by atoms with E-state index in [-0.39, 0.29) is 12.0 Å². The van der Waals surface area contributed by atoms with Crippen molar-refractivity contribution in [3.8, 4) is 11.5 Å². The van der Waals surface area contributed by atoms with Gasteiger partial charge in [-0.1, -0.05) is 23.7 Å². The zero-order chi connectivity index (χ0) is 20.7. The number of nitrogens with zero attached hydrogens (tertiary/aromatic N) is 3. The Balaban J connectivity index is 1.29. The Bertz CT molecular complexity index is 1100. The number of ether oxygens (including phenoxy) is 2. The van der Waals surface area contributed by atoms with Crippen LogP contribution in [-0.4, -0.2) is 54.2 Å². The predicted molar refractivity (Wildman–Crippen MR) is 116 cm³/mol. The molecule has 2 unspecified atom stereocenters. The molecule has 1 amide bonds. The number of piperazine rings is 1. The number of halogens is 1. The Hall–Kier alpha value is -2.99. The van der Waals surface area contributed by atoms with E-state index in [1.807, 2.05) is 60.4 Å². The second kappa shape index (κ2) is 7.69. The molecule has 7 heteroatoms. The van der Waals surface area contributed by atoms with Crippen LogP contribution in [0.1, 0.15) is 6.92 Å². The molecular formula is C23H22ClN3O3. The number of hydrogen-bond acceptors (Lipinski definition) is 5. The number of rotatable bonds is 2. The minimum absolute atomic E-state index is 0.0250. The van der Waals surface area contributed by atoms with Crippen molar-refractivity contribution in [1.82, 2.24) is 9.88 Å². The van der Waals surface area contributed by atoms with Crippen molar-refractivity contribution in [2.75, 3.05) is 31.1 Å². The van der Waals surface area contributed by atoms with E-state index in [9.17, 15) is 4.79 Å². The molecular weight excluding hydrogens is 402 g/mol. The van der Waals surface area contributed by atoms with E-state index in [0.717, 1.165) is 29.7 Å². The van der Waals surface area contributed by atoms with E-state index in [2.05, 4.69) is 9.88 Å². The number of para-hydroxylation sites is 2. The van der Waals surface area contributed by atoms with Crippen LogP contribution >= 0.6 is 11.6 Å². The molecule has 0 bridgehead atoms. The van der Waals surface area contributed by atoms with Gasteiger partial charge in [-0.25, -0.2) is 0 Å². The van der Waals surface area contributed by atoms with E-state index in [1.54, 1.807) is 6.20 Å². The fourth-order valence-corrected chi connectivity index (χ4v) is 4.29. The number of amides is 1. The summed E-state index contributed by atoms with van der Waals surface area (Å²) >= 11 is 6.11. The van der Waals surface area contributed by atoms with Crippen LogP contribution in [0.15, 0.2) is 54.7 Å². The largest absolute Gasteiger partial charge is 0.482 e. The Morgan fingerprint density at radius 1 is 1.03 bits per heavy atom. The van der Waals surface area contributed by atoms with Crippen LogP contribution in [0.2, 0.25) is 5.02 Å². The molecule has 6 nitrogen and oxygen atoms in total. The molecule has 3 heterocycles. The maximum atomic E-state index is 13.1. The molecule has 0 N–H and O–H groups in total. The molecule has 0 saturated carbocycles. The van der Waals surface area contributed by atoms with Crippen LogP contribution in [-0.2, 0) is 4.79 Å². The highest BCUT2D eigenvalue weighted by atomic mass is 35.5. The van der Waals surface area contributed by atoms with Crippen LogP contribution in [0.4, 0.5) is 5.69 Å². The molecule has 30 heavy (non-hydrogen) atoms. The van der Waals surface area contributed by atoms with Crippen molar-refractivity contribution in [1.29, 1.82) is 0 Å². The van der Waals surface area contributed by atoms with Crippen molar-refractivity contribution < 1.29 is 14.3 Å². The van der Waals surface area contributed by atoms with Crippen LogP contribution in [0.25, 0.3) is 10.9 Å². The molecule has 3 aromatic rings. The number of fused-ring (bicyclic) bond motifs is 2. The topological polar surface area (TPSA) is 54.9 Å². The van der Waals surface area contributed by atoms with Gasteiger partial charge in [-0.2, -0.15) is 0 Å². The van der Waals surface area contributed by atoms with E-state index < -0.39 is 6.10 Å². The number of benzene rings is 2. The average molecular weight is 424 g/mol. The third-order valence-corrected chi connectivity index (χ3v) is 5.93. The first kappa shape index (κ1) is 19.0. The second-order valence-corrected chi connectivity index (χ2v) is 8.05. The zero-order valence-electron chi connectivity index (χ0n) is 16.6. The summed E-state index contributed by atoms with van der Waals surface area (Å²) in [6.07, 6.45) is 0.840. The molecule has 2 aromatic carbocycles. The Kier molecular flexibility index (Phi) is 4.87. The minimum Gasteiger partial charge on any atom is -0.482 e. The van der Waals surface area contributed by atoms with E-state index in [4.69, 9.17) is 21.1 Å². The first-order valence-corrected chi connectivity index (χ1v) is 10.5. The number of hydrogen-bond donors (Lipinski definition) is 0. The molecule has 1 saturated heterocycles. The summed E-state index contributed by atoms with van der Waals surface area (Å²) < 4.78 is 11.9. The van der Waals surface area contributed by atoms with Crippen molar-refractivity contribution in [3.63, 3.8) is 0 Å². The number of pyridine rings is 1. The second-order valence-electron chi connectivity index (χ2n) is 7.61. The first-order chi connectivity index (χ1) is 14.6. The fraction of sp³-hybridized carbons (Fsp3) is 0.304. The molecule has 0 aliphatic carbocycles. The summed E-state index contributed by atoms with van der Waals surface area (Å²) in [5.74, 6) is 1.28. The molecule has 1 aromatic heterocycles. The molecule has 2 atom stereocenters. The van der Waals surface area contributed by atoms with Crippen molar-refractivity contribution in [2.24, 2.45) is 0 Å². The van der Waals surface area contributed by atoms with Gasteiger partial charge in [-0.15, -0.1) is 0 Å². The van der Waals surface area contributed by atoms with Gasteiger partial charge in [0.25, 0.3) is 5.91 Å². The molecule has 0 spiro atoms. The van der Waals surface area contributed by atoms with Crippen LogP contribution in [0.5, 0.6) is 11.5 Å². The third kappa shape index (κ3) is 3.41. The summed E-state index contributed by atoms with van der Waals surface area (Å²) in [7, 11) is 0. The molecule has 0 radical (unpaired) electrons. The van der Waals surface area contributed by atoms with Gasteiger partial charge in [0.15, 0.2) is 11.5 Å². The van der Waals surface area contributed by atoms with Gasteiger partial charge in [0.1, 0.15) is 6.10 Å². The zero-order valence-corrected chi connectivity index (χ0v) is 17.4. The van der Waals surface area contributed by atoms with Crippen LogP contribution < -0.4 is 14.4 Å². The van der Waals surface area contributed by atoms with Crippen LogP contribution in [0.3, 0.4) is 0 Å². The highest BCUT2D eigenvalue weighted by Crippen LogP contribution is 2.34. The van der Waals surface area contributed by atoms with Crippen molar-refractivity contribution >= 4 is 34.1 Å².